The summed E-state index contributed by atoms with van der Waals surface area (Å²) >= 11 is 0. The first-order valence-electron chi connectivity index (χ1n) is 8.89. The third-order valence-electron chi connectivity index (χ3n) is 5.67. The number of nitrogens with two attached hydrogens (primary N) is 1. The maximum absolute atomic E-state index is 12.8. The summed E-state index contributed by atoms with van der Waals surface area (Å²) in [7, 11) is 0. The summed E-state index contributed by atoms with van der Waals surface area (Å²) < 4.78 is 5.14. The van der Waals surface area contributed by atoms with E-state index in [-0.39, 0.29) is 11.3 Å². The molecule has 6 heteroatoms. The maximum atomic E-state index is 12.8. The molecule has 0 bridgehead atoms. The molecule has 1 aromatic heterocycles. The van der Waals surface area contributed by atoms with E-state index in [0.29, 0.717) is 24.7 Å². The van der Waals surface area contributed by atoms with Crippen molar-refractivity contribution >= 4 is 5.91 Å². The van der Waals surface area contributed by atoms with Crippen LogP contribution in [0.15, 0.2) is 4.52 Å². The third kappa shape index (κ3) is 3.42. The number of amides is 1. The molecule has 0 radical (unpaired) electrons. The highest BCUT2D eigenvalue weighted by molar-refractivity contribution is 5.77. The van der Waals surface area contributed by atoms with E-state index in [1.807, 2.05) is 0 Å². The maximum Gasteiger partial charge on any atom is 0.223 e. The van der Waals surface area contributed by atoms with E-state index < -0.39 is 5.54 Å². The number of hydrogen-bond acceptors (Lipinski definition) is 5. The molecule has 2 aliphatic rings. The fourth-order valence-electron chi connectivity index (χ4n) is 4.28. The Morgan fingerprint density at radius 2 is 1.83 bits per heavy atom. The molecule has 0 aliphatic heterocycles. The van der Waals surface area contributed by atoms with E-state index in [0.717, 1.165) is 38.5 Å². The van der Waals surface area contributed by atoms with Crippen molar-refractivity contribution in [2.75, 3.05) is 6.54 Å². The van der Waals surface area contributed by atoms with Crippen LogP contribution in [0.5, 0.6) is 0 Å². The molecule has 1 amide bonds. The van der Waals surface area contributed by atoms with Crippen LogP contribution in [0.4, 0.5) is 0 Å². The van der Waals surface area contributed by atoms with E-state index in [9.17, 15) is 4.79 Å². The van der Waals surface area contributed by atoms with E-state index in [1.165, 1.54) is 19.3 Å². The van der Waals surface area contributed by atoms with Gasteiger partial charge in [-0.15, -0.1) is 0 Å². The first kappa shape index (κ1) is 16.4. The van der Waals surface area contributed by atoms with Gasteiger partial charge in [0.25, 0.3) is 0 Å². The molecule has 2 fully saturated rings. The van der Waals surface area contributed by atoms with Gasteiger partial charge in [-0.05, 0) is 37.6 Å². The van der Waals surface area contributed by atoms with Gasteiger partial charge < -0.3 is 15.6 Å². The van der Waals surface area contributed by atoms with Gasteiger partial charge in [-0.2, -0.15) is 4.98 Å². The van der Waals surface area contributed by atoms with Gasteiger partial charge in [-0.25, -0.2) is 0 Å². The second-order valence-corrected chi connectivity index (χ2v) is 7.42. The molecule has 0 saturated heterocycles. The Hall–Kier alpha value is -1.43. The van der Waals surface area contributed by atoms with Crippen molar-refractivity contribution in [3.8, 4) is 0 Å². The van der Waals surface area contributed by atoms with Gasteiger partial charge in [0.1, 0.15) is 5.54 Å². The van der Waals surface area contributed by atoms with Crippen LogP contribution in [-0.4, -0.2) is 22.6 Å². The standard InChI is InChI=1S/C17H28N4O2/c1-13-19-15(21-23-13)17(9-5-6-10-17)20-14(22)11-16(12-18)7-3-2-4-8-16/h2-12,18H2,1H3,(H,20,22). The molecule has 6 nitrogen and oxygen atoms in total. The van der Waals surface area contributed by atoms with Crippen LogP contribution in [0.3, 0.4) is 0 Å². The number of aromatic nitrogens is 2. The van der Waals surface area contributed by atoms with Crippen molar-refractivity contribution in [2.45, 2.75) is 76.7 Å². The SMILES string of the molecule is Cc1nc(C2(NC(=O)CC3(CN)CCCCC3)CCCC2)no1. The largest absolute Gasteiger partial charge is 0.343 e. The number of rotatable bonds is 5. The predicted molar refractivity (Wildman–Crippen MR) is 86.5 cm³/mol. The molecule has 2 aliphatic carbocycles. The molecule has 3 rings (SSSR count). The molecule has 3 N–H and O–H groups in total. The fraction of sp³-hybridized carbons (Fsp3) is 0.824. The molecule has 1 aromatic rings. The summed E-state index contributed by atoms with van der Waals surface area (Å²) in [5, 5.41) is 7.33. The second kappa shape index (κ2) is 6.59. The number of hydrogen-bond donors (Lipinski definition) is 2. The summed E-state index contributed by atoms with van der Waals surface area (Å²) in [5.74, 6) is 1.26. The van der Waals surface area contributed by atoms with Gasteiger partial charge >= 0.3 is 0 Å². The summed E-state index contributed by atoms with van der Waals surface area (Å²) in [6.07, 6.45) is 10.2. The minimum atomic E-state index is -0.445. The average molecular weight is 320 g/mol. The quantitative estimate of drug-likeness (QED) is 0.869. The number of nitrogens with zero attached hydrogens (tertiary/aromatic N) is 2. The Balaban J connectivity index is 1.71. The third-order valence-corrected chi connectivity index (χ3v) is 5.67. The predicted octanol–water partition coefficient (Wildman–Crippen LogP) is 2.56. The lowest BCUT2D eigenvalue weighted by atomic mass is 9.71. The number of carbonyl (C=O) groups excluding carboxylic acids is 1. The number of aryl methyl sites for hydroxylation is 1. The van der Waals surface area contributed by atoms with Crippen LogP contribution in [0, 0.1) is 12.3 Å². The Bertz CT molecular complexity index is 543. The number of carbonyl (C=O) groups is 1. The van der Waals surface area contributed by atoms with Crippen molar-refractivity contribution < 1.29 is 9.32 Å². The van der Waals surface area contributed by atoms with Gasteiger partial charge in [-0.1, -0.05) is 37.3 Å². The summed E-state index contributed by atoms with van der Waals surface area (Å²) in [5.41, 5.74) is 5.56. The fourth-order valence-corrected chi connectivity index (χ4v) is 4.28. The summed E-state index contributed by atoms with van der Waals surface area (Å²) in [6, 6.07) is 0. The van der Waals surface area contributed by atoms with Crippen LogP contribution < -0.4 is 11.1 Å². The Labute approximate surface area is 137 Å². The average Bonchev–Trinajstić information content (AvgIpc) is 3.18. The summed E-state index contributed by atoms with van der Waals surface area (Å²) in [6.45, 7) is 2.38. The second-order valence-electron chi connectivity index (χ2n) is 7.42. The lowest BCUT2D eigenvalue weighted by Gasteiger charge is -2.37. The van der Waals surface area contributed by atoms with Gasteiger partial charge in [-0.3, -0.25) is 4.79 Å². The number of nitrogens with one attached hydrogen (secondary N) is 1. The van der Waals surface area contributed by atoms with Crippen molar-refractivity contribution in [3.05, 3.63) is 11.7 Å². The zero-order valence-electron chi connectivity index (χ0n) is 14.1. The van der Waals surface area contributed by atoms with Crippen LogP contribution in [0.25, 0.3) is 0 Å². The van der Waals surface area contributed by atoms with Crippen molar-refractivity contribution in [1.82, 2.24) is 15.5 Å². The van der Waals surface area contributed by atoms with Crippen molar-refractivity contribution in [3.63, 3.8) is 0 Å². The molecule has 0 aromatic carbocycles. The van der Waals surface area contributed by atoms with Crippen molar-refractivity contribution in [2.24, 2.45) is 11.1 Å². The smallest absolute Gasteiger partial charge is 0.223 e. The molecule has 0 atom stereocenters. The first-order chi connectivity index (χ1) is 11.1. The monoisotopic (exact) mass is 320 g/mol. The Morgan fingerprint density at radius 1 is 1.17 bits per heavy atom. The molecule has 0 unspecified atom stereocenters. The van der Waals surface area contributed by atoms with Crippen LogP contribution in [0.2, 0.25) is 0 Å². The minimum Gasteiger partial charge on any atom is -0.343 e. The molecule has 2 saturated carbocycles. The minimum absolute atomic E-state index is 0.0186. The van der Waals surface area contributed by atoms with Crippen LogP contribution >= 0.6 is 0 Å². The molecule has 23 heavy (non-hydrogen) atoms. The molecular weight excluding hydrogens is 292 g/mol. The zero-order chi connectivity index (χ0) is 16.3. The molecule has 0 spiro atoms. The topological polar surface area (TPSA) is 94.0 Å². The highest BCUT2D eigenvalue weighted by Gasteiger charge is 2.42. The Morgan fingerprint density at radius 3 is 2.39 bits per heavy atom. The van der Waals surface area contributed by atoms with E-state index >= 15 is 0 Å². The first-order valence-corrected chi connectivity index (χ1v) is 8.89. The molecular formula is C17H28N4O2. The van der Waals surface area contributed by atoms with Gasteiger partial charge in [0.05, 0.1) is 0 Å². The molecule has 128 valence electrons. The molecule has 1 heterocycles. The lowest BCUT2D eigenvalue weighted by molar-refractivity contribution is -0.126. The highest BCUT2D eigenvalue weighted by Crippen LogP contribution is 2.40. The Kier molecular flexibility index (Phi) is 4.71. The zero-order valence-corrected chi connectivity index (χ0v) is 14.1. The van der Waals surface area contributed by atoms with Gasteiger partial charge in [0.2, 0.25) is 11.8 Å². The lowest BCUT2D eigenvalue weighted by Crippen LogP contribution is -2.47. The van der Waals surface area contributed by atoms with Crippen LogP contribution in [-0.2, 0) is 10.3 Å². The van der Waals surface area contributed by atoms with E-state index in [2.05, 4.69) is 15.5 Å². The van der Waals surface area contributed by atoms with E-state index in [1.54, 1.807) is 6.92 Å². The van der Waals surface area contributed by atoms with Gasteiger partial charge in [0.15, 0.2) is 5.82 Å². The van der Waals surface area contributed by atoms with Crippen molar-refractivity contribution in [1.29, 1.82) is 0 Å². The van der Waals surface area contributed by atoms with Gasteiger partial charge in [0, 0.05) is 13.3 Å². The normalized spacial score (nSPS) is 22.9. The highest BCUT2D eigenvalue weighted by atomic mass is 16.5. The van der Waals surface area contributed by atoms with Crippen LogP contribution in [0.1, 0.15) is 75.9 Å². The summed E-state index contributed by atoms with van der Waals surface area (Å²) in [4.78, 5) is 17.1. The van der Waals surface area contributed by atoms with E-state index in [4.69, 9.17) is 10.3 Å².